The Kier molecular flexibility index (Phi) is 5.06. The van der Waals surface area contributed by atoms with Crippen LogP contribution in [-0.4, -0.2) is 16.7 Å². The molecule has 0 amide bonds. The third kappa shape index (κ3) is 3.66. The van der Waals surface area contributed by atoms with Gasteiger partial charge in [0.15, 0.2) is 5.84 Å². The van der Waals surface area contributed by atoms with Crippen LogP contribution in [0.3, 0.4) is 0 Å². The Hall–Kier alpha value is -5.33. The van der Waals surface area contributed by atoms with Gasteiger partial charge < -0.3 is 9.73 Å². The van der Waals surface area contributed by atoms with E-state index >= 15 is 0 Å². The molecule has 3 aromatic heterocycles. The van der Waals surface area contributed by atoms with Crippen molar-refractivity contribution in [2.75, 3.05) is 0 Å². The second-order valence-corrected chi connectivity index (χ2v) is 11.6. The van der Waals surface area contributed by atoms with Gasteiger partial charge in [-0.15, -0.1) is 11.3 Å². The van der Waals surface area contributed by atoms with E-state index in [9.17, 15) is 0 Å². The van der Waals surface area contributed by atoms with E-state index in [0.717, 1.165) is 55.4 Å². The van der Waals surface area contributed by atoms with Crippen LogP contribution in [-0.2, 0) is 0 Å². The number of pyridine rings is 1. The average Bonchev–Trinajstić information content (AvgIpc) is 3.61. The summed E-state index contributed by atoms with van der Waals surface area (Å²) in [7, 11) is 0. The van der Waals surface area contributed by atoms with Crippen LogP contribution in [0.2, 0.25) is 0 Å². The molecule has 1 atom stereocenters. The van der Waals surface area contributed by atoms with Crippen molar-refractivity contribution >= 4 is 76.0 Å². The molecule has 198 valence electrons. The number of hydrogen-bond acceptors (Lipinski definition) is 6. The third-order valence-electron chi connectivity index (χ3n) is 7.97. The van der Waals surface area contributed by atoms with Crippen molar-refractivity contribution in [3.8, 4) is 0 Å². The Morgan fingerprint density at radius 2 is 1.57 bits per heavy atom. The average molecular weight is 559 g/mol. The van der Waals surface area contributed by atoms with Crippen LogP contribution >= 0.6 is 11.3 Å². The minimum absolute atomic E-state index is 0.289. The minimum Gasteiger partial charge on any atom is -0.456 e. The maximum Gasteiger partial charge on any atom is 0.160 e. The minimum atomic E-state index is -0.289. The summed E-state index contributed by atoms with van der Waals surface area (Å²) < 4.78 is 8.87. The molecule has 0 spiro atoms. The van der Waals surface area contributed by atoms with Crippen LogP contribution in [0.1, 0.15) is 22.9 Å². The zero-order valence-electron chi connectivity index (χ0n) is 22.3. The van der Waals surface area contributed by atoms with Crippen LogP contribution in [0, 0.1) is 0 Å². The number of aliphatic imine (C=N–C) groups is 2. The fourth-order valence-electron chi connectivity index (χ4n) is 5.97. The summed E-state index contributed by atoms with van der Waals surface area (Å²) in [5, 5.41) is 9.22. The largest absolute Gasteiger partial charge is 0.456 e. The molecule has 42 heavy (non-hydrogen) atoms. The van der Waals surface area contributed by atoms with Gasteiger partial charge in [-0.25, -0.2) is 9.98 Å². The molecule has 0 bridgehead atoms. The Bertz CT molecular complexity index is 2400. The molecule has 8 aromatic rings. The number of nitrogens with one attached hydrogen (secondary N) is 1. The topological polar surface area (TPSA) is 62.8 Å². The lowest BCUT2D eigenvalue weighted by Crippen LogP contribution is -2.33. The first-order valence-electron chi connectivity index (χ1n) is 13.9. The van der Waals surface area contributed by atoms with Crippen LogP contribution in [0.25, 0.3) is 53.0 Å². The van der Waals surface area contributed by atoms with E-state index in [1.54, 1.807) is 0 Å². The fraction of sp³-hybridized carbons (Fsp3) is 0.0278. The van der Waals surface area contributed by atoms with Crippen LogP contribution in [0.15, 0.2) is 136 Å². The molecule has 1 aliphatic heterocycles. The lowest BCUT2D eigenvalue weighted by atomic mass is 10.0. The summed E-state index contributed by atoms with van der Waals surface area (Å²) in [4.78, 5) is 14.9. The quantitative estimate of drug-likeness (QED) is 0.235. The van der Waals surface area contributed by atoms with Gasteiger partial charge in [-0.05, 0) is 42.0 Å². The van der Waals surface area contributed by atoms with Crippen molar-refractivity contribution in [1.29, 1.82) is 0 Å². The molecular weight excluding hydrogens is 536 g/mol. The molecule has 1 N–H and O–H groups in total. The number of thiophene rings is 1. The van der Waals surface area contributed by atoms with E-state index in [4.69, 9.17) is 14.4 Å². The van der Waals surface area contributed by atoms with Gasteiger partial charge in [-0.1, -0.05) is 78.9 Å². The summed E-state index contributed by atoms with van der Waals surface area (Å²) >= 11 is 1.81. The second-order valence-electron chi connectivity index (χ2n) is 10.5. The molecule has 5 nitrogen and oxygen atoms in total. The molecule has 0 fully saturated rings. The van der Waals surface area contributed by atoms with Crippen LogP contribution in [0.4, 0.5) is 0 Å². The highest BCUT2D eigenvalue weighted by Crippen LogP contribution is 2.37. The molecule has 0 saturated carbocycles. The molecule has 1 aliphatic rings. The molecule has 1 unspecified atom stereocenters. The number of aromatic nitrogens is 1. The molecule has 0 aliphatic carbocycles. The highest BCUT2D eigenvalue weighted by molar-refractivity contribution is 7.25. The van der Waals surface area contributed by atoms with Gasteiger partial charge in [0.2, 0.25) is 0 Å². The fourth-order valence-corrected chi connectivity index (χ4v) is 7.12. The predicted molar refractivity (Wildman–Crippen MR) is 174 cm³/mol. The summed E-state index contributed by atoms with van der Waals surface area (Å²) in [6.45, 7) is 0. The zero-order valence-corrected chi connectivity index (χ0v) is 23.1. The van der Waals surface area contributed by atoms with Gasteiger partial charge in [-0.2, -0.15) is 0 Å². The van der Waals surface area contributed by atoms with Crippen LogP contribution < -0.4 is 5.32 Å². The van der Waals surface area contributed by atoms with Crippen molar-refractivity contribution in [3.63, 3.8) is 0 Å². The Morgan fingerprint density at radius 3 is 2.52 bits per heavy atom. The molecule has 4 heterocycles. The van der Waals surface area contributed by atoms with Gasteiger partial charge in [0, 0.05) is 53.7 Å². The number of fused-ring (bicyclic) bond motifs is 7. The monoisotopic (exact) mass is 558 g/mol. The molecule has 6 heteroatoms. The summed E-state index contributed by atoms with van der Waals surface area (Å²) in [6, 6.07) is 39.8. The first kappa shape index (κ1) is 23.4. The highest BCUT2D eigenvalue weighted by atomic mass is 32.1. The number of benzene rings is 5. The zero-order chi connectivity index (χ0) is 27.6. The summed E-state index contributed by atoms with van der Waals surface area (Å²) in [6.07, 6.45) is 1.53. The lowest BCUT2D eigenvalue weighted by molar-refractivity contribution is 0.668. The third-order valence-corrected chi connectivity index (χ3v) is 9.10. The van der Waals surface area contributed by atoms with E-state index in [1.165, 1.54) is 20.2 Å². The summed E-state index contributed by atoms with van der Waals surface area (Å²) in [5.41, 5.74) is 5.60. The number of hydrogen-bond donors (Lipinski definition) is 1. The van der Waals surface area contributed by atoms with E-state index in [2.05, 4.69) is 89.2 Å². The Labute approximate surface area is 244 Å². The smallest absolute Gasteiger partial charge is 0.160 e. The lowest BCUT2D eigenvalue weighted by Gasteiger charge is -2.24. The number of amidine groups is 2. The number of nitrogens with zero attached hydrogens (tertiary/aromatic N) is 3. The maximum absolute atomic E-state index is 6.35. The SMILES string of the molecule is c1ccc(C2N=C(c3cccc4oc5cc6cccnc6cc5c34)N=C(c3ccc4c(c3)sc3ccccc34)N2)cc1. The van der Waals surface area contributed by atoms with Gasteiger partial charge in [-0.3, -0.25) is 4.98 Å². The van der Waals surface area contributed by atoms with Crippen molar-refractivity contribution in [1.82, 2.24) is 10.3 Å². The highest BCUT2D eigenvalue weighted by Gasteiger charge is 2.24. The first-order chi connectivity index (χ1) is 20.8. The number of rotatable bonds is 3. The molecule has 9 rings (SSSR count). The van der Waals surface area contributed by atoms with E-state index in [0.29, 0.717) is 5.84 Å². The van der Waals surface area contributed by atoms with E-state index in [-0.39, 0.29) is 6.17 Å². The van der Waals surface area contributed by atoms with Crippen molar-refractivity contribution < 1.29 is 4.42 Å². The molecule has 0 radical (unpaired) electrons. The van der Waals surface area contributed by atoms with Gasteiger partial charge in [0.1, 0.15) is 23.2 Å². The molecular formula is C36H22N4OS. The molecule has 5 aromatic carbocycles. The van der Waals surface area contributed by atoms with Gasteiger partial charge >= 0.3 is 0 Å². The maximum atomic E-state index is 6.35. The molecule has 0 saturated heterocycles. The predicted octanol–water partition coefficient (Wildman–Crippen LogP) is 9.00. The van der Waals surface area contributed by atoms with Gasteiger partial charge in [0.05, 0.1) is 5.52 Å². The second kappa shape index (κ2) is 9.09. The summed E-state index contributed by atoms with van der Waals surface area (Å²) in [5.74, 6) is 1.47. The van der Waals surface area contributed by atoms with Gasteiger partial charge in [0.25, 0.3) is 0 Å². The Morgan fingerprint density at radius 1 is 0.690 bits per heavy atom. The normalized spacial score (nSPS) is 15.4. The van der Waals surface area contributed by atoms with E-state index in [1.807, 2.05) is 53.9 Å². The van der Waals surface area contributed by atoms with Crippen molar-refractivity contribution in [2.45, 2.75) is 6.17 Å². The standard InChI is InChI=1S/C36H22N4OS/c1-2-8-21(9-3-1)34-38-35(23-15-16-25-24-11-4-5-14-31(24)42-32(25)19-23)40-36(39-34)26-12-6-13-29-33(26)27-20-28-22(10-7-17-37-28)18-30(27)41-29/h1-20,34H,(H,38,39,40). The van der Waals surface area contributed by atoms with Crippen molar-refractivity contribution in [2.24, 2.45) is 9.98 Å². The first-order valence-corrected chi connectivity index (χ1v) is 14.7. The van der Waals surface area contributed by atoms with Crippen LogP contribution in [0.5, 0.6) is 0 Å². The van der Waals surface area contributed by atoms with E-state index < -0.39 is 0 Å². The Balaban J connectivity index is 1.26. The number of furan rings is 1. The van der Waals surface area contributed by atoms with Crippen molar-refractivity contribution in [3.05, 3.63) is 138 Å².